The number of aliphatic hydroxyl groups is 1. The van der Waals surface area contributed by atoms with E-state index in [9.17, 15) is 9.90 Å². The fraction of sp³-hybridized carbons (Fsp3) is 0.500. The summed E-state index contributed by atoms with van der Waals surface area (Å²) in [5.41, 5.74) is -0.797. The van der Waals surface area contributed by atoms with Crippen LogP contribution in [0.2, 0.25) is 0 Å². The van der Waals surface area contributed by atoms with Crippen molar-refractivity contribution in [2.45, 2.75) is 12.5 Å². The van der Waals surface area contributed by atoms with Crippen molar-refractivity contribution in [2.24, 2.45) is 0 Å². The molecule has 0 aliphatic carbocycles. The average Bonchev–Trinajstić information content (AvgIpc) is 2.39. The third-order valence-electron chi connectivity index (χ3n) is 3.16. The van der Waals surface area contributed by atoms with Crippen molar-refractivity contribution in [3.63, 3.8) is 0 Å². The first-order chi connectivity index (χ1) is 8.59. The fourth-order valence-corrected chi connectivity index (χ4v) is 2.17. The zero-order valence-corrected chi connectivity index (χ0v) is 10.6. The molecular weight excluding hydrogens is 230 g/mol. The van der Waals surface area contributed by atoms with E-state index in [0.717, 1.165) is 13.1 Å². The van der Waals surface area contributed by atoms with Gasteiger partial charge in [-0.05, 0) is 6.92 Å². The van der Waals surface area contributed by atoms with Crippen molar-refractivity contribution in [3.8, 4) is 0 Å². The molecule has 0 aromatic heterocycles. The summed E-state index contributed by atoms with van der Waals surface area (Å²) in [4.78, 5) is 14.3. The Balaban J connectivity index is 2.03. The molecule has 1 atom stereocenters. The topological polar surface area (TPSA) is 49.8 Å². The Morgan fingerprint density at radius 2 is 1.94 bits per heavy atom. The lowest BCUT2D eigenvalue weighted by Gasteiger charge is -2.32. The van der Waals surface area contributed by atoms with E-state index in [-0.39, 0.29) is 5.78 Å². The van der Waals surface area contributed by atoms with Gasteiger partial charge in [0, 0.05) is 25.2 Å². The van der Waals surface area contributed by atoms with E-state index in [0.29, 0.717) is 25.3 Å². The molecule has 1 fully saturated rings. The maximum absolute atomic E-state index is 12.2. The van der Waals surface area contributed by atoms with Gasteiger partial charge in [0.2, 0.25) is 0 Å². The summed E-state index contributed by atoms with van der Waals surface area (Å²) < 4.78 is 5.25. The van der Waals surface area contributed by atoms with Gasteiger partial charge in [0.15, 0.2) is 5.78 Å². The lowest BCUT2D eigenvalue weighted by molar-refractivity contribution is -0.0132. The number of rotatable bonds is 4. The number of carbonyl (C=O) groups excluding carboxylic acids is 1. The molecule has 4 nitrogen and oxygen atoms in total. The molecule has 0 saturated carbocycles. The Bertz CT molecular complexity index is 397. The summed E-state index contributed by atoms with van der Waals surface area (Å²) in [6, 6.07) is 8.93. The number of β-amino-alcohol motifs (C(OH)–C–C–N with tert-alkyl or cyclic N) is 1. The summed E-state index contributed by atoms with van der Waals surface area (Å²) in [6.45, 7) is 4.78. The molecule has 1 unspecified atom stereocenters. The highest BCUT2D eigenvalue weighted by atomic mass is 16.5. The van der Waals surface area contributed by atoms with Crippen LogP contribution >= 0.6 is 0 Å². The molecule has 4 heteroatoms. The van der Waals surface area contributed by atoms with Gasteiger partial charge in [0.1, 0.15) is 5.60 Å². The quantitative estimate of drug-likeness (QED) is 0.807. The molecule has 1 N–H and O–H groups in total. The van der Waals surface area contributed by atoms with Crippen LogP contribution in [0.25, 0.3) is 0 Å². The number of morpholine rings is 1. The van der Waals surface area contributed by atoms with E-state index in [1.165, 1.54) is 0 Å². The third-order valence-corrected chi connectivity index (χ3v) is 3.16. The second-order valence-corrected chi connectivity index (χ2v) is 4.86. The van der Waals surface area contributed by atoms with Gasteiger partial charge in [0.25, 0.3) is 0 Å². The lowest BCUT2D eigenvalue weighted by Crippen LogP contribution is -2.50. The second kappa shape index (κ2) is 5.61. The van der Waals surface area contributed by atoms with Crippen molar-refractivity contribution >= 4 is 5.78 Å². The van der Waals surface area contributed by atoms with Crippen molar-refractivity contribution in [3.05, 3.63) is 35.9 Å². The maximum atomic E-state index is 12.2. The number of hydrogen-bond donors (Lipinski definition) is 1. The smallest absolute Gasteiger partial charge is 0.195 e. The molecule has 0 amide bonds. The minimum atomic E-state index is -1.35. The van der Waals surface area contributed by atoms with Gasteiger partial charge in [-0.25, -0.2) is 0 Å². The molecular formula is C14H19NO3. The number of ether oxygens (including phenoxy) is 1. The summed E-state index contributed by atoms with van der Waals surface area (Å²) >= 11 is 0. The Morgan fingerprint density at radius 1 is 1.33 bits per heavy atom. The molecule has 2 rings (SSSR count). The summed E-state index contributed by atoms with van der Waals surface area (Å²) in [5.74, 6) is -0.227. The zero-order chi connectivity index (χ0) is 13.0. The van der Waals surface area contributed by atoms with Gasteiger partial charge in [-0.3, -0.25) is 9.69 Å². The van der Waals surface area contributed by atoms with E-state index >= 15 is 0 Å². The molecule has 0 spiro atoms. The average molecular weight is 249 g/mol. The normalized spacial score (nSPS) is 20.3. The van der Waals surface area contributed by atoms with Crippen LogP contribution in [0.5, 0.6) is 0 Å². The number of ketones is 1. The number of hydrogen-bond acceptors (Lipinski definition) is 4. The predicted molar refractivity (Wildman–Crippen MR) is 68.7 cm³/mol. The minimum absolute atomic E-state index is 0.227. The monoisotopic (exact) mass is 249 g/mol. The van der Waals surface area contributed by atoms with Crippen LogP contribution in [0.15, 0.2) is 30.3 Å². The van der Waals surface area contributed by atoms with Crippen LogP contribution in [-0.4, -0.2) is 54.2 Å². The molecule has 1 aliphatic rings. The molecule has 1 aromatic rings. The molecule has 18 heavy (non-hydrogen) atoms. The van der Waals surface area contributed by atoms with Gasteiger partial charge in [-0.2, -0.15) is 0 Å². The zero-order valence-electron chi connectivity index (χ0n) is 10.6. The van der Waals surface area contributed by atoms with Crippen molar-refractivity contribution < 1.29 is 14.6 Å². The molecule has 1 heterocycles. The van der Waals surface area contributed by atoms with Crippen LogP contribution in [0.1, 0.15) is 17.3 Å². The van der Waals surface area contributed by atoms with Crippen LogP contribution in [0.3, 0.4) is 0 Å². The van der Waals surface area contributed by atoms with Crippen LogP contribution in [0.4, 0.5) is 0 Å². The standard InChI is InChI=1S/C14H19NO3/c1-14(17,11-15-7-9-18-10-8-15)13(16)12-5-3-2-4-6-12/h2-6,17H,7-11H2,1H3. The summed E-state index contributed by atoms with van der Waals surface area (Å²) in [6.07, 6.45) is 0. The molecule has 1 aliphatic heterocycles. The summed E-state index contributed by atoms with van der Waals surface area (Å²) in [5, 5.41) is 10.4. The predicted octanol–water partition coefficient (Wildman–Crippen LogP) is 0.952. The van der Waals surface area contributed by atoms with Gasteiger partial charge in [-0.15, -0.1) is 0 Å². The molecule has 98 valence electrons. The highest BCUT2D eigenvalue weighted by molar-refractivity contribution is 6.02. The number of carbonyl (C=O) groups is 1. The lowest BCUT2D eigenvalue weighted by atomic mass is 9.94. The first-order valence-corrected chi connectivity index (χ1v) is 6.22. The third kappa shape index (κ3) is 3.16. The molecule has 0 bridgehead atoms. The first-order valence-electron chi connectivity index (χ1n) is 6.22. The van der Waals surface area contributed by atoms with Crippen LogP contribution in [0, 0.1) is 0 Å². The molecule has 1 saturated heterocycles. The van der Waals surface area contributed by atoms with E-state index < -0.39 is 5.60 Å². The maximum Gasteiger partial charge on any atom is 0.195 e. The van der Waals surface area contributed by atoms with Crippen LogP contribution in [-0.2, 0) is 4.74 Å². The Labute approximate surface area is 107 Å². The first kappa shape index (κ1) is 13.2. The van der Waals surface area contributed by atoms with Gasteiger partial charge in [-0.1, -0.05) is 30.3 Å². The second-order valence-electron chi connectivity index (χ2n) is 4.86. The van der Waals surface area contributed by atoms with E-state index in [2.05, 4.69) is 4.90 Å². The largest absolute Gasteiger partial charge is 0.381 e. The SMILES string of the molecule is CC(O)(CN1CCOCC1)C(=O)c1ccccc1. The van der Waals surface area contributed by atoms with Crippen LogP contribution < -0.4 is 0 Å². The van der Waals surface area contributed by atoms with Crippen molar-refractivity contribution in [2.75, 3.05) is 32.8 Å². The summed E-state index contributed by atoms with van der Waals surface area (Å²) in [7, 11) is 0. The van der Waals surface area contributed by atoms with Crippen molar-refractivity contribution in [1.29, 1.82) is 0 Å². The Kier molecular flexibility index (Phi) is 4.11. The van der Waals surface area contributed by atoms with Gasteiger partial charge < -0.3 is 9.84 Å². The van der Waals surface area contributed by atoms with Gasteiger partial charge in [0.05, 0.1) is 13.2 Å². The van der Waals surface area contributed by atoms with E-state index in [1.807, 2.05) is 6.07 Å². The Hall–Kier alpha value is -1.23. The highest BCUT2D eigenvalue weighted by Gasteiger charge is 2.33. The van der Waals surface area contributed by atoms with E-state index in [4.69, 9.17) is 4.74 Å². The fourth-order valence-electron chi connectivity index (χ4n) is 2.17. The number of benzene rings is 1. The van der Waals surface area contributed by atoms with E-state index in [1.54, 1.807) is 31.2 Å². The Morgan fingerprint density at radius 3 is 2.56 bits per heavy atom. The minimum Gasteiger partial charge on any atom is -0.381 e. The molecule has 1 aromatic carbocycles. The van der Waals surface area contributed by atoms with Crippen molar-refractivity contribution in [1.82, 2.24) is 4.90 Å². The molecule has 0 radical (unpaired) electrons. The highest BCUT2D eigenvalue weighted by Crippen LogP contribution is 2.15. The number of nitrogens with zero attached hydrogens (tertiary/aromatic N) is 1. The number of Topliss-reactive ketones (excluding diaryl/α,β-unsaturated/α-hetero) is 1. The van der Waals surface area contributed by atoms with Gasteiger partial charge >= 0.3 is 0 Å².